The minimum Gasteiger partial charge on any atom is -0.308 e. The Bertz CT molecular complexity index is 1720. The van der Waals surface area contributed by atoms with Gasteiger partial charge in [-0.05, 0) is 62.6 Å². The van der Waals surface area contributed by atoms with Crippen LogP contribution in [0.3, 0.4) is 0 Å². The molecule has 0 heterocycles. The fraction of sp³-hybridized carbons (Fsp3) is 0. The van der Waals surface area contributed by atoms with Gasteiger partial charge in [-0.25, -0.2) is 17.6 Å². The lowest BCUT2D eigenvalue weighted by Crippen LogP contribution is -2.30. The zero-order chi connectivity index (χ0) is 23.6. The summed E-state index contributed by atoms with van der Waals surface area (Å²) >= 11 is 0. The van der Waals surface area contributed by atoms with Crippen LogP contribution in [0.15, 0.2) is 91.0 Å². The van der Waals surface area contributed by atoms with Gasteiger partial charge in [-0.2, -0.15) is 0 Å². The summed E-state index contributed by atoms with van der Waals surface area (Å²) in [5.74, 6) is -5.13. The Kier molecular flexibility index (Phi) is 4.55. The topological polar surface area (TPSA) is 17.1 Å². The van der Waals surface area contributed by atoms with Gasteiger partial charge < -0.3 is 4.57 Å². The van der Waals surface area contributed by atoms with E-state index in [0.29, 0.717) is 5.39 Å². The van der Waals surface area contributed by atoms with Crippen LogP contribution in [0.1, 0.15) is 0 Å². The van der Waals surface area contributed by atoms with Gasteiger partial charge in [-0.3, -0.25) is 0 Å². The molecule has 0 bridgehead atoms. The number of benzene rings is 6. The van der Waals surface area contributed by atoms with Crippen LogP contribution in [0.4, 0.5) is 17.6 Å². The highest BCUT2D eigenvalue weighted by Crippen LogP contribution is 2.48. The van der Waals surface area contributed by atoms with E-state index in [1.807, 2.05) is 36.4 Å². The molecule has 0 spiro atoms. The average Bonchev–Trinajstić information content (AvgIpc) is 2.85. The highest BCUT2D eigenvalue weighted by molar-refractivity contribution is 7.85. The largest absolute Gasteiger partial charge is 0.308 e. The van der Waals surface area contributed by atoms with Crippen LogP contribution in [-0.4, -0.2) is 0 Å². The Labute approximate surface area is 192 Å². The second-order valence-corrected chi connectivity index (χ2v) is 10.9. The van der Waals surface area contributed by atoms with Crippen molar-refractivity contribution in [3.05, 3.63) is 114 Å². The molecular weight excluding hydrogens is 459 g/mol. The lowest BCUT2D eigenvalue weighted by atomic mass is 9.94. The molecule has 0 saturated carbocycles. The first-order valence-corrected chi connectivity index (χ1v) is 12.3. The molecule has 0 saturated heterocycles. The summed E-state index contributed by atoms with van der Waals surface area (Å²) in [6, 6.07) is 23.2. The molecule has 0 amide bonds. The first-order valence-electron chi connectivity index (χ1n) is 10.6. The van der Waals surface area contributed by atoms with E-state index in [9.17, 15) is 13.3 Å². The van der Waals surface area contributed by atoms with Crippen LogP contribution in [0.25, 0.3) is 32.3 Å². The monoisotopic (exact) mass is 474 g/mol. The fourth-order valence-electron chi connectivity index (χ4n) is 4.86. The molecule has 0 atom stereocenters. The van der Waals surface area contributed by atoms with Crippen LogP contribution in [0, 0.1) is 23.3 Å². The molecule has 34 heavy (non-hydrogen) atoms. The molecule has 0 aliphatic heterocycles. The minimum absolute atomic E-state index is 0.118. The van der Waals surface area contributed by atoms with Crippen molar-refractivity contribution in [1.29, 1.82) is 0 Å². The highest BCUT2D eigenvalue weighted by atomic mass is 31.2. The first kappa shape index (κ1) is 20.9. The maximum absolute atomic E-state index is 15.1. The van der Waals surface area contributed by atoms with Gasteiger partial charge >= 0.3 is 0 Å². The van der Waals surface area contributed by atoms with Gasteiger partial charge in [0.05, 0.1) is 10.6 Å². The summed E-state index contributed by atoms with van der Waals surface area (Å²) in [6.07, 6.45) is 0. The third-order valence-electron chi connectivity index (χ3n) is 6.39. The molecule has 0 aromatic heterocycles. The molecule has 0 aliphatic rings. The Morgan fingerprint density at radius 1 is 0.471 bits per heavy atom. The molecule has 6 heteroatoms. The molecule has 0 aliphatic carbocycles. The molecule has 1 nitrogen and oxygen atoms in total. The Hall–Kier alpha value is -3.69. The maximum atomic E-state index is 15.1. The van der Waals surface area contributed by atoms with E-state index in [1.54, 1.807) is 12.1 Å². The van der Waals surface area contributed by atoms with Gasteiger partial charge in [0.25, 0.3) is 0 Å². The van der Waals surface area contributed by atoms with Crippen molar-refractivity contribution in [3.8, 4) is 0 Å². The number of rotatable bonds is 3. The highest BCUT2D eigenvalue weighted by Gasteiger charge is 2.38. The van der Waals surface area contributed by atoms with Crippen LogP contribution in [0.2, 0.25) is 0 Å². The normalized spacial score (nSPS) is 12.2. The Balaban J connectivity index is 1.82. The second-order valence-electron chi connectivity index (χ2n) is 8.20. The van der Waals surface area contributed by atoms with Gasteiger partial charge in [0.2, 0.25) is 0 Å². The van der Waals surface area contributed by atoms with E-state index in [2.05, 4.69) is 0 Å². The standard InChI is InChI=1S/C28H15F4OP/c29-20-6-2-8-23(27(20)31)34(33,24-9-3-7-21(30)28(24)32)22-15-13-18-11-10-16-4-1-5-17-12-14-19(22)26(18)25(16)17/h1-15H. The number of halogens is 4. The number of hydrogen-bond donors (Lipinski definition) is 0. The van der Waals surface area contributed by atoms with E-state index >= 15 is 8.78 Å². The molecule has 6 rings (SSSR count). The van der Waals surface area contributed by atoms with Crippen molar-refractivity contribution < 1.29 is 22.1 Å². The molecule has 6 aromatic carbocycles. The summed E-state index contributed by atoms with van der Waals surface area (Å²) in [5.41, 5.74) is 0. The molecule has 0 fully saturated rings. The lowest BCUT2D eigenvalue weighted by Gasteiger charge is -2.24. The summed E-state index contributed by atoms with van der Waals surface area (Å²) in [7, 11) is -4.39. The predicted molar refractivity (Wildman–Crippen MR) is 129 cm³/mol. The Morgan fingerprint density at radius 3 is 1.53 bits per heavy atom. The van der Waals surface area contributed by atoms with E-state index in [1.165, 1.54) is 30.3 Å². The van der Waals surface area contributed by atoms with E-state index in [4.69, 9.17) is 0 Å². The van der Waals surface area contributed by atoms with Gasteiger partial charge in [0, 0.05) is 5.30 Å². The van der Waals surface area contributed by atoms with Crippen molar-refractivity contribution in [2.24, 2.45) is 0 Å². The third kappa shape index (κ3) is 2.77. The van der Waals surface area contributed by atoms with Crippen LogP contribution < -0.4 is 15.9 Å². The minimum atomic E-state index is -4.39. The average molecular weight is 474 g/mol. The summed E-state index contributed by atoms with van der Waals surface area (Å²) < 4.78 is 73.8. The quantitative estimate of drug-likeness (QED) is 0.157. The molecule has 0 radical (unpaired) electrons. The maximum Gasteiger partial charge on any atom is 0.177 e. The summed E-state index contributed by atoms with van der Waals surface area (Å²) in [4.78, 5) is 0. The smallest absolute Gasteiger partial charge is 0.177 e. The van der Waals surface area contributed by atoms with E-state index < -0.39 is 41.0 Å². The SMILES string of the molecule is O=P(c1cccc(F)c1F)(c1cccc(F)c1F)c1ccc2ccc3cccc4ccc1c2c34. The Morgan fingerprint density at radius 2 is 0.941 bits per heavy atom. The molecule has 166 valence electrons. The zero-order valence-corrected chi connectivity index (χ0v) is 18.4. The zero-order valence-electron chi connectivity index (χ0n) is 17.5. The number of hydrogen-bond acceptors (Lipinski definition) is 1. The summed E-state index contributed by atoms with van der Waals surface area (Å²) in [5, 5.41) is 4.08. The fourth-order valence-corrected chi connectivity index (χ4v) is 7.80. The summed E-state index contributed by atoms with van der Waals surface area (Å²) in [6.45, 7) is 0. The van der Waals surface area contributed by atoms with E-state index in [-0.39, 0.29) is 5.30 Å². The van der Waals surface area contributed by atoms with Gasteiger partial charge in [-0.15, -0.1) is 0 Å². The van der Waals surface area contributed by atoms with Crippen molar-refractivity contribution >= 4 is 55.4 Å². The molecule has 6 aromatic rings. The van der Waals surface area contributed by atoms with Crippen molar-refractivity contribution in [2.75, 3.05) is 0 Å². The predicted octanol–water partition coefficient (Wildman–Crippen LogP) is 6.78. The van der Waals surface area contributed by atoms with Gasteiger partial charge in [0.1, 0.15) is 0 Å². The van der Waals surface area contributed by atoms with Gasteiger partial charge in [0.15, 0.2) is 30.4 Å². The lowest BCUT2D eigenvalue weighted by molar-refractivity contribution is 0.509. The first-order chi connectivity index (χ1) is 16.4. The second kappa shape index (κ2) is 7.41. The molecule has 0 unspecified atom stereocenters. The van der Waals surface area contributed by atoms with Crippen molar-refractivity contribution in [3.63, 3.8) is 0 Å². The molecular formula is C28H15F4OP. The third-order valence-corrected chi connectivity index (χ3v) is 9.50. The van der Waals surface area contributed by atoms with Gasteiger partial charge in [-0.1, -0.05) is 60.7 Å². The van der Waals surface area contributed by atoms with Crippen LogP contribution in [-0.2, 0) is 4.57 Å². The van der Waals surface area contributed by atoms with Crippen molar-refractivity contribution in [2.45, 2.75) is 0 Å². The van der Waals surface area contributed by atoms with E-state index in [0.717, 1.165) is 39.1 Å². The van der Waals surface area contributed by atoms with Crippen molar-refractivity contribution in [1.82, 2.24) is 0 Å². The molecule has 0 N–H and O–H groups in total. The van der Waals surface area contributed by atoms with Crippen LogP contribution in [0.5, 0.6) is 0 Å². The van der Waals surface area contributed by atoms with Crippen LogP contribution >= 0.6 is 7.14 Å².